The lowest BCUT2D eigenvalue weighted by Gasteiger charge is -2.34. The standard InChI is InChI=1S/C35H30FN9O2/c1-44-32-10-9-24(17-31(32)41-43-44)29-21-40-35(28(19-38)34(29)25-7-8-26(18-37)30(36)16-25)45-14-12-27(13-15-45)39-20-23-4-2-22(3-5-23)6-11-33(46)42-47/h2-11,16-17,21,27,39,47H,12-15,20H2,1H3,(H,42,46)/b11-6+. The smallest absolute Gasteiger partial charge is 0.267 e. The molecule has 0 bridgehead atoms. The number of fused-ring (bicyclic) bond motifs is 1. The van der Waals surface area contributed by atoms with Gasteiger partial charge in [0.1, 0.15) is 34.9 Å². The summed E-state index contributed by atoms with van der Waals surface area (Å²) in [7, 11) is 1.81. The summed E-state index contributed by atoms with van der Waals surface area (Å²) in [6, 6.07) is 22.3. The number of aromatic nitrogens is 4. The Labute approximate surface area is 270 Å². The quantitative estimate of drug-likeness (QED) is 0.124. The summed E-state index contributed by atoms with van der Waals surface area (Å²) in [5, 5.41) is 40.4. The topological polar surface area (TPSA) is 156 Å². The van der Waals surface area contributed by atoms with Crippen LogP contribution in [0.2, 0.25) is 0 Å². The molecule has 6 rings (SSSR count). The van der Waals surface area contributed by atoms with Gasteiger partial charge in [0.05, 0.1) is 11.1 Å². The number of amides is 1. The minimum atomic E-state index is -0.658. The average Bonchev–Trinajstić information content (AvgIpc) is 3.49. The highest BCUT2D eigenvalue weighted by atomic mass is 19.1. The number of nitriles is 2. The molecule has 0 unspecified atom stereocenters. The number of nitrogens with one attached hydrogen (secondary N) is 2. The van der Waals surface area contributed by atoms with E-state index in [0.29, 0.717) is 53.2 Å². The molecular weight excluding hydrogens is 597 g/mol. The highest BCUT2D eigenvalue weighted by Crippen LogP contribution is 2.40. The first-order valence-corrected chi connectivity index (χ1v) is 15.0. The van der Waals surface area contributed by atoms with Crippen LogP contribution in [-0.2, 0) is 18.4 Å². The van der Waals surface area contributed by atoms with Gasteiger partial charge in [-0.25, -0.2) is 19.5 Å². The molecule has 0 radical (unpaired) electrons. The second kappa shape index (κ2) is 13.6. The normalized spacial score (nSPS) is 13.5. The summed E-state index contributed by atoms with van der Waals surface area (Å²) in [6.45, 7) is 2.01. The van der Waals surface area contributed by atoms with Crippen LogP contribution in [0.1, 0.15) is 35.1 Å². The molecule has 1 saturated heterocycles. The average molecular weight is 628 g/mol. The summed E-state index contributed by atoms with van der Waals surface area (Å²) >= 11 is 0. The SMILES string of the molecule is Cn1nnc2cc(-c3cnc(N4CCC(NCc5ccc(/C=C/C(=O)NO)cc5)CC4)c(C#N)c3-c3ccc(C#N)c(F)c3)ccc21. The predicted octanol–water partition coefficient (Wildman–Crippen LogP) is 4.86. The van der Waals surface area contributed by atoms with Crippen molar-refractivity contribution in [3.05, 3.63) is 101 Å². The molecule has 1 aliphatic rings. The zero-order chi connectivity index (χ0) is 32.9. The van der Waals surface area contributed by atoms with Crippen LogP contribution >= 0.6 is 0 Å². The first-order chi connectivity index (χ1) is 22.9. The second-order valence-electron chi connectivity index (χ2n) is 11.3. The van der Waals surface area contributed by atoms with Gasteiger partial charge < -0.3 is 10.2 Å². The van der Waals surface area contributed by atoms with E-state index in [2.05, 4.69) is 26.6 Å². The number of benzene rings is 3. The molecule has 12 heteroatoms. The predicted molar refractivity (Wildman–Crippen MR) is 174 cm³/mol. The molecule has 0 saturated carbocycles. The molecule has 1 amide bonds. The maximum atomic E-state index is 14.9. The molecule has 3 heterocycles. The molecule has 2 aromatic heterocycles. The van der Waals surface area contributed by atoms with Crippen LogP contribution in [-0.4, -0.2) is 50.2 Å². The molecule has 0 spiro atoms. The van der Waals surface area contributed by atoms with E-state index in [1.54, 1.807) is 28.5 Å². The van der Waals surface area contributed by atoms with E-state index >= 15 is 0 Å². The van der Waals surface area contributed by atoms with Gasteiger partial charge in [0.2, 0.25) is 0 Å². The molecule has 1 aliphatic heterocycles. The first-order valence-electron chi connectivity index (χ1n) is 15.0. The Morgan fingerprint density at radius 3 is 2.53 bits per heavy atom. The van der Waals surface area contributed by atoms with Crippen LogP contribution < -0.4 is 15.7 Å². The van der Waals surface area contributed by atoms with Crippen molar-refractivity contribution >= 4 is 28.8 Å². The summed E-state index contributed by atoms with van der Waals surface area (Å²) in [4.78, 5) is 18.1. The number of pyridine rings is 1. The van der Waals surface area contributed by atoms with E-state index in [1.165, 1.54) is 18.2 Å². The number of hydrogen-bond acceptors (Lipinski definition) is 9. The largest absolute Gasteiger partial charge is 0.355 e. The molecule has 5 aromatic rings. The van der Waals surface area contributed by atoms with Crippen molar-refractivity contribution in [2.75, 3.05) is 18.0 Å². The van der Waals surface area contributed by atoms with Crippen molar-refractivity contribution < 1.29 is 14.4 Å². The van der Waals surface area contributed by atoms with E-state index < -0.39 is 11.7 Å². The van der Waals surface area contributed by atoms with Gasteiger partial charge in [0.25, 0.3) is 5.91 Å². The van der Waals surface area contributed by atoms with Gasteiger partial charge in [0.15, 0.2) is 0 Å². The molecule has 3 aromatic carbocycles. The van der Waals surface area contributed by atoms with Gasteiger partial charge in [-0.1, -0.05) is 41.6 Å². The number of carbonyl (C=O) groups is 1. The van der Waals surface area contributed by atoms with Gasteiger partial charge in [-0.15, -0.1) is 5.10 Å². The number of hydrogen-bond donors (Lipinski definition) is 3. The Hall–Kier alpha value is -5.95. The number of anilines is 1. The third-order valence-electron chi connectivity index (χ3n) is 8.38. The lowest BCUT2D eigenvalue weighted by atomic mass is 9.91. The number of nitrogens with zero attached hydrogens (tertiary/aromatic N) is 7. The highest BCUT2D eigenvalue weighted by molar-refractivity contribution is 5.93. The lowest BCUT2D eigenvalue weighted by molar-refractivity contribution is -0.124. The molecular formula is C35H30FN9O2. The van der Waals surface area contributed by atoms with E-state index in [1.807, 2.05) is 55.6 Å². The molecule has 0 atom stereocenters. The van der Waals surface area contributed by atoms with Gasteiger partial charge in [-0.2, -0.15) is 10.5 Å². The first kappa shape index (κ1) is 31.0. The van der Waals surface area contributed by atoms with E-state index in [9.17, 15) is 19.7 Å². The van der Waals surface area contributed by atoms with Crippen LogP contribution in [0, 0.1) is 28.5 Å². The fraction of sp³-hybridized carbons (Fsp3) is 0.200. The van der Waals surface area contributed by atoms with Crippen molar-refractivity contribution in [2.45, 2.75) is 25.4 Å². The Morgan fingerprint density at radius 1 is 1.06 bits per heavy atom. The van der Waals surface area contributed by atoms with Crippen molar-refractivity contribution in [1.82, 2.24) is 30.8 Å². The maximum Gasteiger partial charge on any atom is 0.267 e. The zero-order valence-electron chi connectivity index (χ0n) is 25.5. The second-order valence-corrected chi connectivity index (χ2v) is 11.3. The molecule has 11 nitrogen and oxygen atoms in total. The van der Waals surface area contributed by atoms with Gasteiger partial charge in [0, 0.05) is 56.1 Å². The fourth-order valence-corrected chi connectivity index (χ4v) is 5.85. The highest BCUT2D eigenvalue weighted by Gasteiger charge is 2.26. The summed E-state index contributed by atoms with van der Waals surface area (Å²) in [5.74, 6) is -0.710. The van der Waals surface area contributed by atoms with Crippen LogP contribution in [0.5, 0.6) is 0 Å². The number of carbonyl (C=O) groups excluding carboxylic acids is 1. The van der Waals surface area contributed by atoms with Gasteiger partial charge in [-0.3, -0.25) is 10.0 Å². The lowest BCUT2D eigenvalue weighted by Crippen LogP contribution is -2.42. The Balaban J connectivity index is 1.23. The van der Waals surface area contributed by atoms with E-state index in [4.69, 9.17) is 10.2 Å². The van der Waals surface area contributed by atoms with Crippen molar-refractivity contribution in [2.24, 2.45) is 7.05 Å². The van der Waals surface area contributed by atoms with Gasteiger partial charge >= 0.3 is 0 Å². The number of halogens is 1. The van der Waals surface area contributed by atoms with Gasteiger partial charge in [-0.05, 0) is 65.4 Å². The Morgan fingerprint density at radius 2 is 1.83 bits per heavy atom. The molecule has 3 N–H and O–H groups in total. The van der Waals surface area contributed by atoms with Crippen LogP contribution in [0.25, 0.3) is 39.4 Å². The van der Waals surface area contributed by atoms with Crippen LogP contribution in [0.3, 0.4) is 0 Å². The Bertz CT molecular complexity index is 2070. The van der Waals surface area contributed by atoms with Crippen LogP contribution in [0.4, 0.5) is 10.2 Å². The van der Waals surface area contributed by atoms with E-state index in [0.717, 1.165) is 35.0 Å². The zero-order valence-corrected chi connectivity index (χ0v) is 25.5. The number of hydroxylamine groups is 1. The fourth-order valence-electron chi connectivity index (χ4n) is 5.85. The van der Waals surface area contributed by atoms with Crippen molar-refractivity contribution in [3.63, 3.8) is 0 Å². The summed E-state index contributed by atoms with van der Waals surface area (Å²) < 4.78 is 16.6. The van der Waals surface area contributed by atoms with E-state index in [-0.39, 0.29) is 11.6 Å². The molecule has 0 aliphatic carbocycles. The summed E-state index contributed by atoms with van der Waals surface area (Å²) in [5.41, 5.74) is 7.73. The molecule has 47 heavy (non-hydrogen) atoms. The number of piperidine rings is 1. The van der Waals surface area contributed by atoms with Crippen molar-refractivity contribution in [1.29, 1.82) is 10.5 Å². The third kappa shape index (κ3) is 6.56. The van der Waals surface area contributed by atoms with Crippen molar-refractivity contribution in [3.8, 4) is 34.4 Å². The molecule has 234 valence electrons. The summed E-state index contributed by atoms with van der Waals surface area (Å²) in [6.07, 6.45) is 6.25. The van der Waals surface area contributed by atoms with Crippen LogP contribution in [0.15, 0.2) is 72.9 Å². The minimum Gasteiger partial charge on any atom is -0.355 e. The minimum absolute atomic E-state index is 0.0708. The third-order valence-corrected chi connectivity index (χ3v) is 8.38. The maximum absolute atomic E-state index is 14.9. The Kier molecular flexibility index (Phi) is 8.97. The monoisotopic (exact) mass is 627 g/mol. The number of rotatable bonds is 8. The number of aryl methyl sites for hydroxylation is 1. The molecule has 1 fully saturated rings.